The van der Waals surface area contributed by atoms with Crippen LogP contribution in [0.5, 0.6) is 0 Å². The van der Waals surface area contributed by atoms with E-state index in [1.807, 2.05) is 0 Å². The zero-order valence-electron chi connectivity index (χ0n) is 10.8. The van der Waals surface area contributed by atoms with E-state index in [-0.39, 0.29) is 17.0 Å². The van der Waals surface area contributed by atoms with Gasteiger partial charge in [-0.05, 0) is 39.9 Å². The van der Waals surface area contributed by atoms with Gasteiger partial charge in [0.15, 0.2) is 0 Å². The summed E-state index contributed by atoms with van der Waals surface area (Å²) in [4.78, 5) is 12.0. The van der Waals surface area contributed by atoms with Crippen molar-refractivity contribution in [2.24, 2.45) is 5.41 Å². The summed E-state index contributed by atoms with van der Waals surface area (Å²) in [6.45, 7) is 6.77. The molecule has 0 bridgehead atoms. The number of amides is 1. The summed E-state index contributed by atoms with van der Waals surface area (Å²) < 4.78 is 13.6. The number of nitrogen functional groups attached to an aromatic ring is 1. The Kier molecular flexibility index (Phi) is 4.73. The van der Waals surface area contributed by atoms with Crippen molar-refractivity contribution in [3.8, 4) is 0 Å². The van der Waals surface area contributed by atoms with Gasteiger partial charge in [-0.25, -0.2) is 4.39 Å². The van der Waals surface area contributed by atoms with Gasteiger partial charge in [0.05, 0.1) is 11.3 Å². The molecule has 0 atom stereocenters. The normalized spacial score (nSPS) is 11.4. The minimum atomic E-state index is -0.535. The first-order valence-corrected chi connectivity index (χ1v) is 6.59. The Labute approximate surface area is 115 Å². The van der Waals surface area contributed by atoms with Crippen LogP contribution < -0.4 is 11.1 Å². The lowest BCUT2D eigenvalue weighted by Gasteiger charge is -2.23. The third-order valence-electron chi connectivity index (χ3n) is 3.02. The fourth-order valence-corrected chi connectivity index (χ4v) is 1.78. The number of nitrogens with one attached hydrogen (secondary N) is 1. The SMILES string of the molecule is CCC(C)(C)CNC(=O)c1cc(N)c(F)cc1Br. The number of anilines is 1. The minimum Gasteiger partial charge on any atom is -0.396 e. The van der Waals surface area contributed by atoms with E-state index in [1.54, 1.807) is 0 Å². The van der Waals surface area contributed by atoms with E-state index in [0.717, 1.165) is 6.42 Å². The van der Waals surface area contributed by atoms with Crippen LogP contribution in [0.2, 0.25) is 0 Å². The van der Waals surface area contributed by atoms with Gasteiger partial charge in [-0.2, -0.15) is 0 Å². The van der Waals surface area contributed by atoms with Crippen molar-refractivity contribution < 1.29 is 9.18 Å². The summed E-state index contributed by atoms with van der Waals surface area (Å²) >= 11 is 3.16. The lowest BCUT2D eigenvalue weighted by atomic mass is 9.90. The summed E-state index contributed by atoms with van der Waals surface area (Å²) in [7, 11) is 0. The van der Waals surface area contributed by atoms with Crippen molar-refractivity contribution in [3.63, 3.8) is 0 Å². The van der Waals surface area contributed by atoms with Gasteiger partial charge in [-0.1, -0.05) is 20.8 Å². The van der Waals surface area contributed by atoms with E-state index >= 15 is 0 Å². The number of halogens is 2. The first-order chi connectivity index (χ1) is 8.26. The monoisotopic (exact) mass is 316 g/mol. The second-order valence-electron chi connectivity index (χ2n) is 5.05. The molecule has 0 radical (unpaired) electrons. The number of benzene rings is 1. The Morgan fingerprint density at radius 2 is 2.11 bits per heavy atom. The lowest BCUT2D eigenvalue weighted by molar-refractivity contribution is 0.0935. The van der Waals surface area contributed by atoms with E-state index in [0.29, 0.717) is 16.6 Å². The van der Waals surface area contributed by atoms with Crippen molar-refractivity contribution >= 4 is 27.5 Å². The summed E-state index contributed by atoms with van der Waals surface area (Å²) in [5, 5.41) is 2.83. The van der Waals surface area contributed by atoms with E-state index in [4.69, 9.17) is 5.73 Å². The summed E-state index contributed by atoms with van der Waals surface area (Å²) in [6.07, 6.45) is 0.958. The quantitative estimate of drug-likeness (QED) is 0.837. The molecule has 0 heterocycles. The topological polar surface area (TPSA) is 55.1 Å². The van der Waals surface area contributed by atoms with E-state index < -0.39 is 5.82 Å². The maximum atomic E-state index is 13.2. The molecule has 5 heteroatoms. The molecule has 1 aromatic carbocycles. The van der Waals surface area contributed by atoms with Crippen LogP contribution >= 0.6 is 15.9 Å². The summed E-state index contributed by atoms with van der Waals surface area (Å²) in [6, 6.07) is 2.54. The largest absolute Gasteiger partial charge is 0.396 e. The zero-order valence-corrected chi connectivity index (χ0v) is 12.4. The van der Waals surface area contributed by atoms with Gasteiger partial charge < -0.3 is 11.1 Å². The minimum absolute atomic E-state index is 0.0295. The zero-order chi connectivity index (χ0) is 13.9. The third-order valence-corrected chi connectivity index (χ3v) is 3.67. The van der Waals surface area contributed by atoms with E-state index in [1.165, 1.54) is 12.1 Å². The maximum Gasteiger partial charge on any atom is 0.252 e. The number of hydrogen-bond acceptors (Lipinski definition) is 2. The molecule has 0 saturated carbocycles. The molecule has 1 rings (SSSR count). The van der Waals surface area contributed by atoms with Crippen molar-refractivity contribution in [1.82, 2.24) is 5.32 Å². The van der Waals surface area contributed by atoms with Crippen LogP contribution in [0.4, 0.5) is 10.1 Å². The van der Waals surface area contributed by atoms with Gasteiger partial charge in [-0.15, -0.1) is 0 Å². The molecular weight excluding hydrogens is 299 g/mol. The number of nitrogens with two attached hydrogens (primary N) is 1. The Morgan fingerprint density at radius 1 is 1.50 bits per heavy atom. The van der Waals surface area contributed by atoms with Crippen LogP contribution in [0.15, 0.2) is 16.6 Å². The fraction of sp³-hybridized carbons (Fsp3) is 0.462. The van der Waals surface area contributed by atoms with Crippen LogP contribution in [-0.4, -0.2) is 12.5 Å². The van der Waals surface area contributed by atoms with E-state index in [9.17, 15) is 9.18 Å². The molecular formula is C13H18BrFN2O. The summed E-state index contributed by atoms with van der Waals surface area (Å²) in [5.74, 6) is -0.789. The van der Waals surface area contributed by atoms with Crippen LogP contribution in [0, 0.1) is 11.2 Å². The van der Waals surface area contributed by atoms with Crippen LogP contribution in [0.3, 0.4) is 0 Å². The van der Waals surface area contributed by atoms with Gasteiger partial charge >= 0.3 is 0 Å². The molecule has 0 fully saturated rings. The number of rotatable bonds is 4. The van der Waals surface area contributed by atoms with Crippen molar-refractivity contribution in [1.29, 1.82) is 0 Å². The molecule has 3 N–H and O–H groups in total. The Balaban J connectivity index is 2.82. The molecule has 0 aromatic heterocycles. The standard InChI is InChI=1S/C13H18BrFN2O/c1-4-13(2,3)7-17-12(18)8-5-11(16)10(15)6-9(8)14/h5-6H,4,7,16H2,1-3H3,(H,17,18). The van der Waals surface area contributed by atoms with Crippen LogP contribution in [0.25, 0.3) is 0 Å². The van der Waals surface area contributed by atoms with Crippen molar-refractivity contribution in [2.45, 2.75) is 27.2 Å². The molecule has 0 aliphatic rings. The first kappa shape index (κ1) is 15.0. The predicted molar refractivity (Wildman–Crippen MR) is 74.9 cm³/mol. The average molecular weight is 317 g/mol. The smallest absolute Gasteiger partial charge is 0.252 e. The number of hydrogen-bond donors (Lipinski definition) is 2. The third kappa shape index (κ3) is 3.70. The maximum absolute atomic E-state index is 13.2. The average Bonchev–Trinajstić information content (AvgIpc) is 2.31. The first-order valence-electron chi connectivity index (χ1n) is 5.79. The molecule has 0 spiro atoms. The van der Waals surface area contributed by atoms with Gasteiger partial charge in [0.25, 0.3) is 5.91 Å². The number of carbonyl (C=O) groups excluding carboxylic acids is 1. The molecule has 0 unspecified atom stereocenters. The summed E-state index contributed by atoms with van der Waals surface area (Å²) in [5.41, 5.74) is 5.81. The Morgan fingerprint density at radius 3 is 2.67 bits per heavy atom. The van der Waals surface area contributed by atoms with Gasteiger partial charge in [-0.3, -0.25) is 4.79 Å². The highest BCUT2D eigenvalue weighted by Gasteiger charge is 2.18. The number of carbonyl (C=O) groups is 1. The molecule has 1 amide bonds. The molecule has 100 valence electrons. The molecule has 3 nitrogen and oxygen atoms in total. The second-order valence-corrected chi connectivity index (χ2v) is 5.91. The van der Waals surface area contributed by atoms with Gasteiger partial charge in [0.1, 0.15) is 5.82 Å². The van der Waals surface area contributed by atoms with Crippen molar-refractivity contribution in [2.75, 3.05) is 12.3 Å². The van der Waals surface area contributed by atoms with Crippen LogP contribution in [-0.2, 0) is 0 Å². The highest BCUT2D eigenvalue weighted by molar-refractivity contribution is 9.10. The second kappa shape index (κ2) is 5.69. The molecule has 0 saturated heterocycles. The van der Waals surface area contributed by atoms with Crippen molar-refractivity contribution in [3.05, 3.63) is 28.0 Å². The molecule has 0 aliphatic heterocycles. The van der Waals surface area contributed by atoms with Crippen LogP contribution in [0.1, 0.15) is 37.6 Å². The van der Waals surface area contributed by atoms with Gasteiger partial charge in [0, 0.05) is 11.0 Å². The molecule has 1 aromatic rings. The lowest BCUT2D eigenvalue weighted by Crippen LogP contribution is -2.33. The molecule has 18 heavy (non-hydrogen) atoms. The van der Waals surface area contributed by atoms with E-state index in [2.05, 4.69) is 42.0 Å². The predicted octanol–water partition coefficient (Wildman–Crippen LogP) is 3.34. The molecule has 0 aliphatic carbocycles. The highest BCUT2D eigenvalue weighted by Crippen LogP contribution is 2.23. The Bertz CT molecular complexity index is 461. The highest BCUT2D eigenvalue weighted by atomic mass is 79.9. The Hall–Kier alpha value is -1.10. The van der Waals surface area contributed by atoms with Gasteiger partial charge in [0.2, 0.25) is 0 Å². The fourth-order valence-electron chi connectivity index (χ4n) is 1.28.